The van der Waals surface area contributed by atoms with Crippen molar-refractivity contribution in [3.8, 4) is 0 Å². The third kappa shape index (κ3) is 4.36. The molecule has 3 heterocycles. The van der Waals surface area contributed by atoms with Gasteiger partial charge in [-0.3, -0.25) is 14.9 Å². The molecular formula is C24H30FN3O4. The van der Waals surface area contributed by atoms with Gasteiger partial charge in [-0.25, -0.2) is 9.18 Å². The Kier molecular flexibility index (Phi) is 5.73. The highest BCUT2D eigenvalue weighted by atomic mass is 19.1. The van der Waals surface area contributed by atoms with Gasteiger partial charge in [-0.05, 0) is 69.2 Å². The van der Waals surface area contributed by atoms with Crippen molar-refractivity contribution >= 4 is 28.8 Å². The maximum Gasteiger partial charge on any atom is 0.410 e. The van der Waals surface area contributed by atoms with Crippen LogP contribution in [0, 0.1) is 5.82 Å². The standard InChI is InChI=1S/C24H30FN3O4/c1-24(2,3)32-23(31)28-9-7-14(8-10-28)16-12-20-17(11-19(16)25)18(13-27(20)4)15-5-6-21(29)26-22(15)30/h11-15H,5-10H2,1-4H3,(H,26,29,30). The summed E-state index contributed by atoms with van der Waals surface area (Å²) >= 11 is 0. The largest absolute Gasteiger partial charge is 0.444 e. The number of carbonyl (C=O) groups excluding carboxylic acids is 3. The van der Waals surface area contributed by atoms with Crippen molar-refractivity contribution in [3.05, 3.63) is 35.3 Å². The number of carbonyl (C=O) groups is 3. The molecule has 0 spiro atoms. The van der Waals surface area contributed by atoms with Gasteiger partial charge in [0.15, 0.2) is 0 Å². The van der Waals surface area contributed by atoms with E-state index >= 15 is 4.39 Å². The molecule has 2 aromatic rings. The Morgan fingerprint density at radius 2 is 1.81 bits per heavy atom. The third-order valence-corrected chi connectivity index (χ3v) is 6.34. The van der Waals surface area contributed by atoms with Crippen LogP contribution in [0.15, 0.2) is 18.3 Å². The molecular weight excluding hydrogens is 413 g/mol. The number of rotatable bonds is 2. The second kappa shape index (κ2) is 8.22. The zero-order valence-electron chi connectivity index (χ0n) is 19.0. The van der Waals surface area contributed by atoms with E-state index in [9.17, 15) is 14.4 Å². The van der Waals surface area contributed by atoms with E-state index in [0.29, 0.717) is 43.3 Å². The summed E-state index contributed by atoms with van der Waals surface area (Å²) in [5.74, 6) is -1.34. The number of halogens is 1. The number of nitrogens with zero attached hydrogens (tertiary/aromatic N) is 2. The Balaban J connectivity index is 1.55. The molecule has 2 aliphatic rings. The molecule has 8 heteroatoms. The summed E-state index contributed by atoms with van der Waals surface area (Å²) < 4.78 is 22.6. The molecule has 3 amide bonds. The Hall–Kier alpha value is -2.90. The Bertz CT molecular complexity index is 1080. The lowest BCUT2D eigenvalue weighted by molar-refractivity contribution is -0.134. The molecule has 0 aliphatic carbocycles. The molecule has 1 aromatic heterocycles. The van der Waals surface area contributed by atoms with Gasteiger partial charge in [-0.1, -0.05) is 0 Å². The predicted molar refractivity (Wildman–Crippen MR) is 118 cm³/mol. The van der Waals surface area contributed by atoms with Crippen LogP contribution in [-0.4, -0.2) is 46.1 Å². The fourth-order valence-corrected chi connectivity index (χ4v) is 4.73. The summed E-state index contributed by atoms with van der Waals surface area (Å²) in [7, 11) is 1.88. The predicted octanol–water partition coefficient (Wildman–Crippen LogP) is 3.95. The van der Waals surface area contributed by atoms with Gasteiger partial charge in [-0.15, -0.1) is 0 Å². The maximum absolute atomic E-state index is 15.2. The maximum atomic E-state index is 15.2. The lowest BCUT2D eigenvalue weighted by atomic mass is 9.87. The van der Waals surface area contributed by atoms with Crippen LogP contribution in [0.25, 0.3) is 10.9 Å². The number of ether oxygens (including phenoxy) is 1. The topological polar surface area (TPSA) is 80.6 Å². The SMILES string of the molecule is Cn1cc(C2CCC(=O)NC2=O)c2cc(F)c(C3CCN(C(=O)OC(C)(C)C)CC3)cc21. The molecule has 1 unspecified atom stereocenters. The van der Waals surface area contributed by atoms with E-state index in [4.69, 9.17) is 4.74 Å². The summed E-state index contributed by atoms with van der Waals surface area (Å²) in [6, 6.07) is 3.39. The van der Waals surface area contributed by atoms with Crippen molar-refractivity contribution in [2.45, 2.75) is 63.9 Å². The molecule has 0 radical (unpaired) electrons. The Labute approximate surface area is 186 Å². The van der Waals surface area contributed by atoms with Gasteiger partial charge in [0.2, 0.25) is 11.8 Å². The Morgan fingerprint density at radius 3 is 2.44 bits per heavy atom. The highest BCUT2D eigenvalue weighted by Crippen LogP contribution is 2.37. The fraction of sp³-hybridized carbons (Fsp3) is 0.542. The number of hydrogen-bond acceptors (Lipinski definition) is 4. The number of benzene rings is 1. The van der Waals surface area contributed by atoms with E-state index in [1.807, 2.05) is 44.6 Å². The number of aromatic nitrogens is 1. The minimum Gasteiger partial charge on any atom is -0.444 e. The molecule has 1 atom stereocenters. The minimum atomic E-state index is -0.544. The average molecular weight is 444 g/mol. The molecule has 1 N–H and O–H groups in total. The second-order valence-corrected chi connectivity index (χ2v) is 9.83. The van der Waals surface area contributed by atoms with Crippen LogP contribution in [0.5, 0.6) is 0 Å². The Morgan fingerprint density at radius 1 is 1.12 bits per heavy atom. The van der Waals surface area contributed by atoms with Crippen LogP contribution in [0.2, 0.25) is 0 Å². The highest BCUT2D eigenvalue weighted by molar-refractivity contribution is 6.03. The van der Waals surface area contributed by atoms with Crippen molar-refractivity contribution in [2.24, 2.45) is 7.05 Å². The van der Waals surface area contributed by atoms with E-state index in [1.54, 1.807) is 4.90 Å². The first-order valence-corrected chi connectivity index (χ1v) is 11.1. The zero-order valence-corrected chi connectivity index (χ0v) is 19.0. The molecule has 32 heavy (non-hydrogen) atoms. The van der Waals surface area contributed by atoms with Crippen LogP contribution in [0.1, 0.15) is 69.4 Å². The molecule has 0 bridgehead atoms. The van der Waals surface area contributed by atoms with Crippen molar-refractivity contribution < 1.29 is 23.5 Å². The van der Waals surface area contributed by atoms with Crippen LogP contribution in [0.4, 0.5) is 9.18 Å². The third-order valence-electron chi connectivity index (χ3n) is 6.34. The molecule has 7 nitrogen and oxygen atoms in total. The van der Waals surface area contributed by atoms with Gasteiger partial charge in [0.1, 0.15) is 11.4 Å². The number of piperidine rings is 2. The van der Waals surface area contributed by atoms with Crippen LogP contribution in [0.3, 0.4) is 0 Å². The summed E-state index contributed by atoms with van der Waals surface area (Å²) in [4.78, 5) is 37.8. The number of aryl methyl sites for hydroxylation is 1. The van der Waals surface area contributed by atoms with E-state index in [-0.39, 0.29) is 36.1 Å². The number of imide groups is 1. The molecule has 0 saturated carbocycles. The van der Waals surface area contributed by atoms with Crippen molar-refractivity contribution in [1.29, 1.82) is 0 Å². The van der Waals surface area contributed by atoms with E-state index in [2.05, 4.69) is 5.32 Å². The molecule has 2 aliphatic heterocycles. The molecule has 4 rings (SSSR count). The monoisotopic (exact) mass is 443 g/mol. The van der Waals surface area contributed by atoms with Crippen LogP contribution < -0.4 is 5.32 Å². The summed E-state index contributed by atoms with van der Waals surface area (Å²) in [5.41, 5.74) is 1.70. The van der Waals surface area contributed by atoms with Crippen molar-refractivity contribution in [3.63, 3.8) is 0 Å². The number of amides is 3. The first kappa shape index (κ1) is 22.3. The number of fused-ring (bicyclic) bond motifs is 1. The van der Waals surface area contributed by atoms with Crippen LogP contribution in [-0.2, 0) is 21.4 Å². The van der Waals surface area contributed by atoms with E-state index in [0.717, 1.165) is 11.1 Å². The van der Waals surface area contributed by atoms with Gasteiger partial charge in [0.05, 0.1) is 5.92 Å². The first-order chi connectivity index (χ1) is 15.0. The minimum absolute atomic E-state index is 0.00652. The average Bonchev–Trinajstić information content (AvgIpc) is 3.01. The molecule has 2 saturated heterocycles. The molecule has 1 aromatic carbocycles. The quantitative estimate of drug-likeness (QED) is 0.713. The van der Waals surface area contributed by atoms with Gasteiger partial charge < -0.3 is 14.2 Å². The van der Waals surface area contributed by atoms with E-state index < -0.39 is 11.5 Å². The van der Waals surface area contributed by atoms with Gasteiger partial charge in [0, 0.05) is 43.7 Å². The smallest absolute Gasteiger partial charge is 0.410 e. The van der Waals surface area contributed by atoms with Crippen LogP contribution >= 0.6 is 0 Å². The lowest BCUT2D eigenvalue weighted by Gasteiger charge is -2.33. The first-order valence-electron chi connectivity index (χ1n) is 11.1. The van der Waals surface area contributed by atoms with Crippen molar-refractivity contribution in [1.82, 2.24) is 14.8 Å². The summed E-state index contributed by atoms with van der Waals surface area (Å²) in [6.07, 6.45) is 3.56. The normalized spacial score (nSPS) is 20.5. The van der Waals surface area contributed by atoms with Gasteiger partial charge in [0.25, 0.3) is 0 Å². The zero-order chi connectivity index (χ0) is 23.2. The number of nitrogens with one attached hydrogen (secondary N) is 1. The second-order valence-electron chi connectivity index (χ2n) is 9.83. The lowest BCUT2D eigenvalue weighted by Crippen LogP contribution is -2.41. The van der Waals surface area contributed by atoms with Gasteiger partial charge >= 0.3 is 6.09 Å². The molecule has 172 valence electrons. The van der Waals surface area contributed by atoms with Gasteiger partial charge in [-0.2, -0.15) is 0 Å². The van der Waals surface area contributed by atoms with Crippen molar-refractivity contribution in [2.75, 3.05) is 13.1 Å². The summed E-state index contributed by atoms with van der Waals surface area (Å²) in [6.45, 7) is 6.55. The number of hydrogen-bond donors (Lipinski definition) is 1. The highest BCUT2D eigenvalue weighted by Gasteiger charge is 2.32. The summed E-state index contributed by atoms with van der Waals surface area (Å²) in [5, 5.41) is 3.09. The number of likely N-dealkylation sites (tertiary alicyclic amines) is 1. The molecule has 2 fully saturated rings. The van der Waals surface area contributed by atoms with E-state index in [1.165, 1.54) is 6.07 Å². The fourth-order valence-electron chi connectivity index (χ4n) is 4.73.